The Morgan fingerprint density at radius 2 is 1.48 bits per heavy atom. The monoisotopic (exact) mass is 329 g/mol. The van der Waals surface area contributed by atoms with Gasteiger partial charge < -0.3 is 14.4 Å². The summed E-state index contributed by atoms with van der Waals surface area (Å²) in [7, 11) is 1.54. The summed E-state index contributed by atoms with van der Waals surface area (Å²) in [6, 6.07) is 0. The van der Waals surface area contributed by atoms with Crippen LogP contribution in [0.15, 0.2) is 0 Å². The molecule has 0 atom stereocenters. The molecule has 5 nitrogen and oxygen atoms in total. The summed E-state index contributed by atoms with van der Waals surface area (Å²) in [5.74, 6) is -0.383. The summed E-state index contributed by atoms with van der Waals surface area (Å²) in [5.41, 5.74) is -0.0891. The Labute approximate surface area is 141 Å². The Balaban J connectivity index is 3.66. The van der Waals surface area contributed by atoms with Gasteiger partial charge in [-0.05, 0) is 11.8 Å². The van der Waals surface area contributed by atoms with Crippen LogP contribution in [-0.2, 0) is 14.3 Å². The zero-order valence-corrected chi connectivity index (χ0v) is 15.7. The molecule has 23 heavy (non-hydrogen) atoms. The number of esters is 1. The molecule has 0 aliphatic carbocycles. The molecule has 5 heteroatoms. The molecule has 1 amide bonds. The van der Waals surface area contributed by atoms with Crippen LogP contribution in [0.1, 0.15) is 72.6 Å². The third-order valence-electron chi connectivity index (χ3n) is 3.32. The molecule has 0 aromatic heterocycles. The van der Waals surface area contributed by atoms with Crippen LogP contribution in [0.4, 0.5) is 4.79 Å². The average molecular weight is 329 g/mol. The number of carbonyl (C=O) groups is 2. The van der Waals surface area contributed by atoms with E-state index in [4.69, 9.17) is 9.47 Å². The van der Waals surface area contributed by atoms with E-state index in [1.54, 1.807) is 7.05 Å². The lowest BCUT2D eigenvalue weighted by Gasteiger charge is -2.21. The zero-order valence-electron chi connectivity index (χ0n) is 15.7. The second-order valence-electron chi connectivity index (χ2n) is 7.31. The smallest absolute Gasteiger partial charge is 0.410 e. The summed E-state index contributed by atoms with van der Waals surface area (Å²) < 4.78 is 10.3. The highest BCUT2D eigenvalue weighted by Gasteiger charge is 2.18. The van der Waals surface area contributed by atoms with Crippen LogP contribution in [-0.4, -0.2) is 43.8 Å². The minimum Gasteiger partial charge on any atom is -0.464 e. The number of rotatable bonds is 11. The van der Waals surface area contributed by atoms with Crippen molar-refractivity contribution in [3.63, 3.8) is 0 Å². The SMILES string of the molecule is CCCCCCCCCOC(=O)CN(C)C(=O)OCC(C)(C)C. The van der Waals surface area contributed by atoms with Crippen LogP contribution in [0.5, 0.6) is 0 Å². The highest BCUT2D eigenvalue weighted by Crippen LogP contribution is 2.13. The highest BCUT2D eigenvalue weighted by atomic mass is 16.6. The van der Waals surface area contributed by atoms with Crippen molar-refractivity contribution in [3.05, 3.63) is 0 Å². The summed E-state index contributed by atoms with van der Waals surface area (Å²) >= 11 is 0. The topological polar surface area (TPSA) is 55.8 Å². The highest BCUT2D eigenvalue weighted by molar-refractivity contribution is 5.77. The van der Waals surface area contributed by atoms with Crippen molar-refractivity contribution in [2.24, 2.45) is 5.41 Å². The molecule has 0 N–H and O–H groups in total. The van der Waals surface area contributed by atoms with Gasteiger partial charge in [0.2, 0.25) is 0 Å². The van der Waals surface area contributed by atoms with E-state index in [0.29, 0.717) is 13.2 Å². The van der Waals surface area contributed by atoms with E-state index in [1.165, 1.54) is 37.0 Å². The summed E-state index contributed by atoms with van der Waals surface area (Å²) in [5, 5.41) is 0. The van der Waals surface area contributed by atoms with Crippen LogP contribution in [0, 0.1) is 5.41 Å². The number of amides is 1. The second-order valence-corrected chi connectivity index (χ2v) is 7.31. The van der Waals surface area contributed by atoms with E-state index in [1.807, 2.05) is 20.8 Å². The van der Waals surface area contributed by atoms with Gasteiger partial charge in [0, 0.05) is 7.05 Å². The predicted molar refractivity (Wildman–Crippen MR) is 92.4 cm³/mol. The normalized spacial score (nSPS) is 11.2. The molecule has 0 aromatic carbocycles. The van der Waals surface area contributed by atoms with E-state index in [9.17, 15) is 9.59 Å². The van der Waals surface area contributed by atoms with Gasteiger partial charge in [-0.15, -0.1) is 0 Å². The first-order chi connectivity index (χ1) is 10.8. The van der Waals surface area contributed by atoms with Crippen LogP contribution >= 0.6 is 0 Å². The molecule has 0 fully saturated rings. The maximum absolute atomic E-state index is 11.7. The predicted octanol–water partition coefficient (Wildman–Crippen LogP) is 4.39. The first kappa shape index (κ1) is 21.7. The maximum Gasteiger partial charge on any atom is 0.410 e. The second kappa shape index (κ2) is 12.2. The van der Waals surface area contributed by atoms with E-state index in [0.717, 1.165) is 12.8 Å². The summed E-state index contributed by atoms with van der Waals surface area (Å²) in [6.45, 7) is 8.83. The number of ether oxygens (including phenoxy) is 2. The lowest BCUT2D eigenvalue weighted by molar-refractivity contribution is -0.144. The Bertz CT molecular complexity index is 336. The number of nitrogens with zero attached hydrogens (tertiary/aromatic N) is 1. The standard InChI is InChI=1S/C18H35NO4/c1-6-7-8-9-10-11-12-13-22-16(20)14-19(5)17(21)23-15-18(2,3)4/h6-15H2,1-5H3. The van der Waals surface area contributed by atoms with Crippen molar-refractivity contribution in [1.29, 1.82) is 0 Å². The molecule has 0 spiro atoms. The molecule has 0 saturated heterocycles. The van der Waals surface area contributed by atoms with Gasteiger partial charge in [0.25, 0.3) is 0 Å². The third-order valence-corrected chi connectivity index (χ3v) is 3.32. The van der Waals surface area contributed by atoms with Crippen molar-refractivity contribution in [3.8, 4) is 0 Å². The number of unbranched alkanes of at least 4 members (excludes halogenated alkanes) is 6. The first-order valence-corrected chi connectivity index (χ1v) is 8.80. The van der Waals surface area contributed by atoms with Gasteiger partial charge in [0.15, 0.2) is 0 Å². The van der Waals surface area contributed by atoms with Gasteiger partial charge >= 0.3 is 12.1 Å². The summed E-state index contributed by atoms with van der Waals surface area (Å²) in [6.07, 6.45) is 7.76. The molecule has 0 aliphatic rings. The minimum absolute atomic E-state index is 0.0700. The fourth-order valence-corrected chi connectivity index (χ4v) is 1.94. The van der Waals surface area contributed by atoms with E-state index >= 15 is 0 Å². The molecule has 136 valence electrons. The van der Waals surface area contributed by atoms with Gasteiger partial charge in [-0.1, -0.05) is 66.2 Å². The maximum atomic E-state index is 11.7. The molecule has 0 radical (unpaired) electrons. The molecule has 0 rings (SSSR count). The Hall–Kier alpha value is -1.26. The van der Waals surface area contributed by atoms with Crippen LogP contribution in [0.2, 0.25) is 0 Å². The van der Waals surface area contributed by atoms with Crippen LogP contribution in [0.3, 0.4) is 0 Å². The number of hydrogen-bond acceptors (Lipinski definition) is 4. The van der Waals surface area contributed by atoms with Crippen molar-refractivity contribution < 1.29 is 19.1 Å². The van der Waals surface area contributed by atoms with Gasteiger partial charge in [-0.25, -0.2) is 4.79 Å². The Kier molecular flexibility index (Phi) is 11.5. The fraction of sp³-hybridized carbons (Fsp3) is 0.889. The molecule has 0 saturated carbocycles. The molecule has 0 aromatic rings. The fourth-order valence-electron chi connectivity index (χ4n) is 1.94. The summed E-state index contributed by atoms with van der Waals surface area (Å²) in [4.78, 5) is 24.6. The van der Waals surface area contributed by atoms with Crippen molar-refractivity contribution in [2.45, 2.75) is 72.6 Å². The van der Waals surface area contributed by atoms with E-state index < -0.39 is 6.09 Å². The van der Waals surface area contributed by atoms with Crippen molar-refractivity contribution in [2.75, 3.05) is 26.8 Å². The molecule has 0 unspecified atom stereocenters. The van der Waals surface area contributed by atoms with Gasteiger partial charge in [0.05, 0.1) is 13.2 Å². The number of carbonyl (C=O) groups excluding carboxylic acids is 2. The Morgan fingerprint density at radius 3 is 2.04 bits per heavy atom. The van der Waals surface area contributed by atoms with Gasteiger partial charge in [0.1, 0.15) is 6.54 Å². The molecular weight excluding hydrogens is 294 g/mol. The molecule has 0 heterocycles. The molecule has 0 aliphatic heterocycles. The van der Waals surface area contributed by atoms with Crippen molar-refractivity contribution >= 4 is 12.1 Å². The largest absolute Gasteiger partial charge is 0.464 e. The van der Waals surface area contributed by atoms with E-state index in [2.05, 4.69) is 6.92 Å². The van der Waals surface area contributed by atoms with Crippen LogP contribution in [0.25, 0.3) is 0 Å². The lowest BCUT2D eigenvalue weighted by atomic mass is 9.99. The molecular formula is C18H35NO4. The Morgan fingerprint density at radius 1 is 0.913 bits per heavy atom. The quantitative estimate of drug-likeness (QED) is 0.416. The van der Waals surface area contributed by atoms with E-state index in [-0.39, 0.29) is 17.9 Å². The van der Waals surface area contributed by atoms with Crippen LogP contribution < -0.4 is 0 Å². The van der Waals surface area contributed by atoms with Crippen molar-refractivity contribution in [1.82, 2.24) is 4.90 Å². The average Bonchev–Trinajstić information content (AvgIpc) is 2.46. The molecule has 0 bridgehead atoms. The van der Waals surface area contributed by atoms with Gasteiger partial charge in [-0.2, -0.15) is 0 Å². The zero-order chi connectivity index (χ0) is 17.7. The third kappa shape index (κ3) is 14.1. The lowest BCUT2D eigenvalue weighted by Crippen LogP contribution is -2.35. The minimum atomic E-state index is -0.493. The number of hydrogen-bond donors (Lipinski definition) is 0. The number of likely N-dealkylation sites (N-methyl/N-ethyl adjacent to an activating group) is 1. The van der Waals surface area contributed by atoms with Gasteiger partial charge in [-0.3, -0.25) is 4.79 Å². The first-order valence-electron chi connectivity index (χ1n) is 8.80.